The zero-order valence-corrected chi connectivity index (χ0v) is 14.1. The number of aryl methyl sites for hydroxylation is 1. The average Bonchev–Trinajstić information content (AvgIpc) is 2.50. The molecule has 0 aliphatic rings. The van der Waals surface area contributed by atoms with Crippen molar-refractivity contribution >= 4 is 11.4 Å². The third kappa shape index (κ3) is 3.74. The van der Waals surface area contributed by atoms with Gasteiger partial charge in [0.1, 0.15) is 12.4 Å². The molecule has 2 aromatic rings. The highest BCUT2D eigenvalue weighted by Crippen LogP contribution is 2.20. The van der Waals surface area contributed by atoms with Crippen molar-refractivity contribution in [1.29, 1.82) is 0 Å². The van der Waals surface area contributed by atoms with Gasteiger partial charge in [0.25, 0.3) is 5.56 Å². The van der Waals surface area contributed by atoms with Gasteiger partial charge in [-0.25, -0.2) is 0 Å². The van der Waals surface area contributed by atoms with Gasteiger partial charge in [-0.3, -0.25) is 14.2 Å². The monoisotopic (exact) mass is 327 g/mol. The minimum Gasteiger partial charge on any atom is -0.494 e. The van der Waals surface area contributed by atoms with E-state index in [1.165, 1.54) is 13.0 Å². The molecule has 0 aliphatic heterocycles. The predicted octanol–water partition coefficient (Wildman–Crippen LogP) is 3.18. The molecule has 0 fully saturated rings. The van der Waals surface area contributed by atoms with Gasteiger partial charge in [-0.05, 0) is 44.0 Å². The number of allylic oxidation sites excluding steroid dienone is 1. The molecule has 5 nitrogen and oxygen atoms in total. The summed E-state index contributed by atoms with van der Waals surface area (Å²) in [6.45, 7) is 9.12. The van der Waals surface area contributed by atoms with Crippen LogP contribution < -0.4 is 10.3 Å². The molecule has 126 valence electrons. The Balaban J connectivity index is 2.12. The summed E-state index contributed by atoms with van der Waals surface area (Å²) in [5.74, 6) is 0.0650. The average molecular weight is 327 g/mol. The van der Waals surface area contributed by atoms with Crippen molar-refractivity contribution in [3.05, 3.63) is 64.0 Å². The molecule has 0 amide bonds. The lowest BCUT2D eigenvalue weighted by Crippen LogP contribution is -2.24. The van der Waals surface area contributed by atoms with Gasteiger partial charge < -0.3 is 9.84 Å². The molecule has 0 atom stereocenters. The molecule has 2 rings (SSSR count). The van der Waals surface area contributed by atoms with Crippen LogP contribution in [0.4, 0.5) is 0 Å². The summed E-state index contributed by atoms with van der Waals surface area (Å²) in [5, 5.41) is 10.2. The van der Waals surface area contributed by atoms with Gasteiger partial charge in [0.05, 0.1) is 12.1 Å². The van der Waals surface area contributed by atoms with Crippen molar-refractivity contribution in [2.24, 2.45) is 0 Å². The van der Waals surface area contributed by atoms with Crippen molar-refractivity contribution in [2.75, 3.05) is 6.61 Å². The van der Waals surface area contributed by atoms with Crippen LogP contribution in [0.25, 0.3) is 5.57 Å². The van der Waals surface area contributed by atoms with E-state index in [9.17, 15) is 14.7 Å². The number of aromatic nitrogens is 1. The van der Waals surface area contributed by atoms with Gasteiger partial charge in [0, 0.05) is 6.07 Å². The maximum Gasteiger partial charge on any atom is 0.253 e. The van der Waals surface area contributed by atoms with Crippen LogP contribution in [-0.4, -0.2) is 22.1 Å². The molecule has 0 saturated heterocycles. The van der Waals surface area contributed by atoms with Crippen molar-refractivity contribution in [3.63, 3.8) is 0 Å². The number of nitrogens with zero attached hydrogens (tertiary/aromatic N) is 1. The topological polar surface area (TPSA) is 68.5 Å². The Morgan fingerprint density at radius 1 is 1.25 bits per heavy atom. The van der Waals surface area contributed by atoms with E-state index in [1.807, 2.05) is 31.2 Å². The van der Waals surface area contributed by atoms with Gasteiger partial charge in [0.2, 0.25) is 5.88 Å². The Hall–Kier alpha value is -2.82. The normalized spacial score (nSPS) is 10.5. The maximum atomic E-state index is 12.0. The zero-order chi connectivity index (χ0) is 17.9. The highest BCUT2D eigenvalue weighted by molar-refractivity contribution is 5.97. The smallest absolute Gasteiger partial charge is 0.253 e. The SMILES string of the molecule is C=C(C)c1ccc(OCCn2c(O)c(C(C)=O)c(C)cc2=O)cc1. The van der Waals surface area contributed by atoms with Crippen LogP contribution in [0.1, 0.15) is 35.3 Å². The summed E-state index contributed by atoms with van der Waals surface area (Å²) in [4.78, 5) is 23.6. The molecular weight excluding hydrogens is 306 g/mol. The Morgan fingerprint density at radius 2 is 1.88 bits per heavy atom. The second-order valence-electron chi connectivity index (χ2n) is 5.73. The molecule has 0 aliphatic carbocycles. The first-order valence-electron chi connectivity index (χ1n) is 7.64. The van der Waals surface area contributed by atoms with E-state index in [1.54, 1.807) is 6.92 Å². The number of aromatic hydroxyl groups is 1. The van der Waals surface area contributed by atoms with Gasteiger partial charge in [-0.1, -0.05) is 24.3 Å². The number of rotatable bonds is 6. The molecular formula is C19H21NO4. The van der Waals surface area contributed by atoms with E-state index < -0.39 is 0 Å². The number of ketones is 1. The summed E-state index contributed by atoms with van der Waals surface area (Å²) in [6.07, 6.45) is 0. The summed E-state index contributed by atoms with van der Waals surface area (Å²) < 4.78 is 6.74. The van der Waals surface area contributed by atoms with Gasteiger partial charge in [-0.15, -0.1) is 0 Å². The van der Waals surface area contributed by atoms with Crippen molar-refractivity contribution in [2.45, 2.75) is 27.3 Å². The number of carbonyl (C=O) groups excluding carboxylic acids is 1. The van der Waals surface area contributed by atoms with E-state index in [-0.39, 0.29) is 35.9 Å². The first kappa shape index (κ1) is 17.5. The van der Waals surface area contributed by atoms with E-state index in [4.69, 9.17) is 4.74 Å². The molecule has 0 spiro atoms. The molecule has 1 N–H and O–H groups in total. The number of Topliss-reactive ketones (excluding diaryl/α,β-unsaturated/α-hetero) is 1. The van der Waals surface area contributed by atoms with Crippen LogP contribution >= 0.6 is 0 Å². The molecule has 5 heteroatoms. The van der Waals surface area contributed by atoms with Crippen LogP contribution in [0.5, 0.6) is 11.6 Å². The van der Waals surface area contributed by atoms with E-state index in [0.29, 0.717) is 11.3 Å². The van der Waals surface area contributed by atoms with Crippen LogP contribution in [0, 0.1) is 6.92 Å². The second-order valence-corrected chi connectivity index (χ2v) is 5.73. The molecule has 0 radical (unpaired) electrons. The summed E-state index contributed by atoms with van der Waals surface area (Å²) in [6, 6.07) is 8.80. The van der Waals surface area contributed by atoms with E-state index in [0.717, 1.165) is 15.7 Å². The Bertz CT molecular complexity index is 832. The van der Waals surface area contributed by atoms with E-state index in [2.05, 4.69) is 6.58 Å². The third-order valence-corrected chi connectivity index (χ3v) is 3.76. The maximum absolute atomic E-state index is 12.0. The lowest BCUT2D eigenvalue weighted by molar-refractivity contribution is 0.101. The highest BCUT2D eigenvalue weighted by atomic mass is 16.5. The number of hydrogen-bond acceptors (Lipinski definition) is 4. The molecule has 1 aromatic carbocycles. The fourth-order valence-electron chi connectivity index (χ4n) is 2.49. The molecule has 24 heavy (non-hydrogen) atoms. The van der Waals surface area contributed by atoms with Crippen LogP contribution in [-0.2, 0) is 6.54 Å². The predicted molar refractivity (Wildman–Crippen MR) is 93.8 cm³/mol. The third-order valence-electron chi connectivity index (χ3n) is 3.76. The standard InChI is InChI=1S/C19H21NO4/c1-12(2)15-5-7-16(8-6-15)24-10-9-20-17(22)11-13(3)18(14(4)21)19(20)23/h5-8,11,23H,1,9-10H2,2-4H3. The zero-order valence-electron chi connectivity index (χ0n) is 14.1. The van der Waals surface area contributed by atoms with Crippen molar-refractivity contribution in [3.8, 4) is 11.6 Å². The number of hydrogen-bond donors (Lipinski definition) is 1. The van der Waals surface area contributed by atoms with Crippen LogP contribution in [0.2, 0.25) is 0 Å². The quantitative estimate of drug-likeness (QED) is 0.828. The number of benzene rings is 1. The number of carbonyl (C=O) groups is 1. The lowest BCUT2D eigenvalue weighted by atomic mass is 10.1. The lowest BCUT2D eigenvalue weighted by Gasteiger charge is -2.13. The first-order chi connectivity index (χ1) is 11.3. The fourth-order valence-corrected chi connectivity index (χ4v) is 2.49. The van der Waals surface area contributed by atoms with E-state index >= 15 is 0 Å². The molecule has 1 heterocycles. The minimum atomic E-state index is -0.365. The minimum absolute atomic E-state index is 0.146. The summed E-state index contributed by atoms with van der Waals surface area (Å²) in [5.41, 5.74) is 2.27. The summed E-state index contributed by atoms with van der Waals surface area (Å²) >= 11 is 0. The number of ether oxygens (including phenoxy) is 1. The largest absolute Gasteiger partial charge is 0.494 e. The molecule has 0 saturated carbocycles. The fraction of sp³-hybridized carbons (Fsp3) is 0.263. The van der Waals surface area contributed by atoms with Crippen molar-refractivity contribution in [1.82, 2.24) is 4.57 Å². The van der Waals surface area contributed by atoms with Gasteiger partial charge in [0.15, 0.2) is 5.78 Å². The van der Waals surface area contributed by atoms with Crippen LogP contribution in [0.3, 0.4) is 0 Å². The van der Waals surface area contributed by atoms with Gasteiger partial charge in [-0.2, -0.15) is 0 Å². The summed E-state index contributed by atoms with van der Waals surface area (Å²) in [7, 11) is 0. The molecule has 0 unspecified atom stereocenters. The molecule has 1 aromatic heterocycles. The Labute approximate surface area is 140 Å². The Kier molecular flexibility index (Phi) is 5.24. The Morgan fingerprint density at radius 3 is 2.42 bits per heavy atom. The van der Waals surface area contributed by atoms with Crippen LogP contribution in [0.15, 0.2) is 41.7 Å². The first-order valence-corrected chi connectivity index (χ1v) is 7.64. The van der Waals surface area contributed by atoms with Gasteiger partial charge >= 0.3 is 0 Å². The van der Waals surface area contributed by atoms with Crippen molar-refractivity contribution < 1.29 is 14.6 Å². The molecule has 0 bridgehead atoms. The second kappa shape index (κ2) is 7.17. The number of pyridine rings is 1. The highest BCUT2D eigenvalue weighted by Gasteiger charge is 2.16.